The molecule has 0 saturated carbocycles. The van der Waals surface area contributed by atoms with Crippen molar-refractivity contribution >= 4 is 34.4 Å². The number of para-hydroxylation sites is 1. The summed E-state index contributed by atoms with van der Waals surface area (Å²) in [4.78, 5) is 17.0. The molecule has 0 aliphatic carbocycles. The van der Waals surface area contributed by atoms with Gasteiger partial charge in [0.25, 0.3) is 5.91 Å². The highest BCUT2D eigenvalue weighted by molar-refractivity contribution is 7.82. The molecule has 0 unspecified atom stereocenters. The average Bonchev–Trinajstić information content (AvgIpc) is 3.34. The zero-order chi connectivity index (χ0) is 26.6. The number of hydrogen-bond donors (Lipinski definition) is 2. The van der Waals surface area contributed by atoms with Gasteiger partial charge in [0, 0.05) is 16.9 Å². The number of ether oxygens (including phenoxy) is 1. The molecule has 0 saturated heterocycles. The first-order valence-corrected chi connectivity index (χ1v) is 11.5. The fourth-order valence-electron chi connectivity index (χ4n) is 3.57. The molecule has 190 valence electrons. The molecule has 0 atom stereocenters. The number of aromatic nitrogens is 3. The number of hydrogen-bond acceptors (Lipinski definition) is 6. The molecule has 0 spiro atoms. The van der Waals surface area contributed by atoms with Crippen molar-refractivity contribution in [2.24, 2.45) is 0 Å². The van der Waals surface area contributed by atoms with Crippen LogP contribution in [0.2, 0.25) is 0 Å². The van der Waals surface area contributed by atoms with Crippen molar-refractivity contribution in [3.63, 3.8) is 0 Å². The van der Waals surface area contributed by atoms with Crippen molar-refractivity contribution in [2.45, 2.75) is 20.2 Å². The Kier molecular flexibility index (Phi) is 7.53. The highest BCUT2D eigenvalue weighted by Gasteiger charge is 2.31. The van der Waals surface area contributed by atoms with Gasteiger partial charge >= 0.3 is 6.36 Å². The lowest BCUT2D eigenvalue weighted by Crippen LogP contribution is -2.27. The van der Waals surface area contributed by atoms with E-state index in [0.29, 0.717) is 22.8 Å². The summed E-state index contributed by atoms with van der Waals surface area (Å²) in [6.07, 6.45) is -3.30. The van der Waals surface area contributed by atoms with Gasteiger partial charge in [-0.05, 0) is 73.5 Å². The van der Waals surface area contributed by atoms with E-state index in [1.807, 2.05) is 32.0 Å². The highest BCUT2D eigenvalue weighted by Crippen LogP contribution is 2.24. The van der Waals surface area contributed by atoms with Crippen LogP contribution >= 0.6 is 12.2 Å². The van der Waals surface area contributed by atoms with E-state index in [1.54, 1.807) is 24.3 Å². The molecule has 1 aromatic heterocycles. The van der Waals surface area contributed by atoms with Gasteiger partial charge in [0.2, 0.25) is 0 Å². The van der Waals surface area contributed by atoms with E-state index in [4.69, 9.17) is 12.2 Å². The van der Waals surface area contributed by atoms with Crippen molar-refractivity contribution in [3.8, 4) is 22.8 Å². The summed E-state index contributed by atoms with van der Waals surface area (Å²) in [6.45, 7) is 4.21. The largest absolute Gasteiger partial charge is 0.573 e. The number of anilines is 2. The van der Waals surface area contributed by atoms with Crippen molar-refractivity contribution in [1.29, 1.82) is 0 Å². The Labute approximate surface area is 216 Å². The lowest BCUT2D eigenvalue weighted by Gasteiger charge is -2.13. The van der Waals surface area contributed by atoms with Crippen LogP contribution in [0.1, 0.15) is 11.1 Å². The third-order valence-corrected chi connectivity index (χ3v) is 5.72. The first-order valence-electron chi connectivity index (χ1n) is 11.1. The molecular formula is C26H22F3N5O2S. The number of carbonyl (C=O) groups excluding carboxylic acids is 1. The second-order valence-corrected chi connectivity index (χ2v) is 8.62. The number of nitrogens with one attached hydrogen (secondary N) is 2. The van der Waals surface area contributed by atoms with Crippen LogP contribution in [0.25, 0.3) is 17.1 Å². The van der Waals surface area contributed by atoms with E-state index in [9.17, 15) is 18.0 Å². The summed E-state index contributed by atoms with van der Waals surface area (Å²) in [5.41, 5.74) is 4.86. The summed E-state index contributed by atoms with van der Waals surface area (Å²) in [7, 11) is 0. The lowest BCUT2D eigenvalue weighted by atomic mass is 10.1. The van der Waals surface area contributed by atoms with Gasteiger partial charge in [-0.25, -0.2) is 9.67 Å². The minimum Gasteiger partial charge on any atom is -0.406 e. The fraction of sp³-hybridized carbons (Fsp3) is 0.154. The third kappa shape index (κ3) is 6.70. The van der Waals surface area contributed by atoms with Gasteiger partial charge < -0.3 is 15.4 Å². The Hall–Kier alpha value is -4.25. The first-order chi connectivity index (χ1) is 17.6. The number of nitrogens with zero attached hydrogens (tertiary/aromatic N) is 3. The Morgan fingerprint density at radius 1 is 1.00 bits per heavy atom. The standard InChI is InChI=1S/C26H22F3N5O2S/c1-16-4-3-5-17(2)23(16)30-14-22(37)25(35)32-19-8-6-18(7-9-19)24-31-15-34(33-24)20-10-12-21(13-11-20)36-26(27,28)29/h3-13,15,30H,14H2,1-2H3,(H,32,35). The molecule has 0 aliphatic rings. The number of aryl methyl sites for hydroxylation is 2. The summed E-state index contributed by atoms with van der Waals surface area (Å²) in [5.74, 6) is -0.293. The predicted octanol–water partition coefficient (Wildman–Crippen LogP) is 5.87. The second-order valence-electron chi connectivity index (χ2n) is 8.13. The fourth-order valence-corrected chi connectivity index (χ4v) is 3.69. The molecule has 4 rings (SSSR count). The van der Waals surface area contributed by atoms with Gasteiger partial charge in [0.1, 0.15) is 12.1 Å². The SMILES string of the molecule is Cc1cccc(C)c1NCC(=S)C(=O)Nc1ccc(-c2ncn(-c3ccc(OC(F)(F)F)cc3)n2)cc1. The maximum Gasteiger partial charge on any atom is 0.573 e. The van der Waals surface area contributed by atoms with Crippen molar-refractivity contribution in [3.05, 3.63) is 84.2 Å². The number of amides is 1. The van der Waals surface area contributed by atoms with E-state index >= 15 is 0 Å². The van der Waals surface area contributed by atoms with Crippen LogP contribution in [-0.4, -0.2) is 38.4 Å². The molecule has 0 bridgehead atoms. The maximum absolute atomic E-state index is 12.5. The van der Waals surface area contributed by atoms with Crippen molar-refractivity contribution in [2.75, 3.05) is 17.2 Å². The Bertz CT molecular complexity index is 1400. The highest BCUT2D eigenvalue weighted by atomic mass is 32.1. The molecule has 3 aromatic carbocycles. The minimum absolute atomic E-state index is 0.221. The summed E-state index contributed by atoms with van der Waals surface area (Å²) in [5, 5.41) is 10.4. The van der Waals surface area contributed by atoms with Crippen LogP contribution in [0.5, 0.6) is 5.75 Å². The maximum atomic E-state index is 12.5. The molecule has 7 nitrogen and oxygen atoms in total. The second kappa shape index (κ2) is 10.8. The summed E-state index contributed by atoms with van der Waals surface area (Å²) >= 11 is 5.29. The average molecular weight is 526 g/mol. The van der Waals surface area contributed by atoms with Gasteiger partial charge in [0.15, 0.2) is 5.82 Å². The molecule has 0 aliphatic heterocycles. The number of benzene rings is 3. The van der Waals surface area contributed by atoms with Crippen LogP contribution in [0.4, 0.5) is 24.5 Å². The number of halogens is 3. The Balaban J connectivity index is 1.35. The summed E-state index contributed by atoms with van der Waals surface area (Å²) < 4.78 is 42.3. The van der Waals surface area contributed by atoms with E-state index in [1.165, 1.54) is 35.3 Å². The van der Waals surface area contributed by atoms with E-state index in [0.717, 1.165) is 16.8 Å². The number of carbonyl (C=O) groups is 1. The molecule has 1 amide bonds. The number of alkyl halides is 3. The van der Waals surface area contributed by atoms with E-state index in [-0.39, 0.29) is 23.1 Å². The zero-order valence-corrected chi connectivity index (χ0v) is 20.7. The van der Waals surface area contributed by atoms with Gasteiger partial charge in [-0.15, -0.1) is 18.3 Å². The van der Waals surface area contributed by atoms with E-state index in [2.05, 4.69) is 25.5 Å². The van der Waals surface area contributed by atoms with Gasteiger partial charge in [-0.3, -0.25) is 4.79 Å². The first kappa shape index (κ1) is 25.8. The Morgan fingerprint density at radius 3 is 2.27 bits per heavy atom. The lowest BCUT2D eigenvalue weighted by molar-refractivity contribution is -0.274. The van der Waals surface area contributed by atoms with Crippen LogP contribution in [0.3, 0.4) is 0 Å². The predicted molar refractivity (Wildman–Crippen MR) is 139 cm³/mol. The van der Waals surface area contributed by atoms with Crippen LogP contribution < -0.4 is 15.4 Å². The smallest absolute Gasteiger partial charge is 0.406 e. The topological polar surface area (TPSA) is 81.1 Å². The van der Waals surface area contributed by atoms with Crippen LogP contribution in [0, 0.1) is 13.8 Å². The molecule has 0 fully saturated rings. The van der Waals surface area contributed by atoms with E-state index < -0.39 is 6.36 Å². The van der Waals surface area contributed by atoms with Crippen LogP contribution in [-0.2, 0) is 4.79 Å². The third-order valence-electron chi connectivity index (χ3n) is 5.39. The quantitative estimate of drug-likeness (QED) is 0.280. The Morgan fingerprint density at radius 2 is 1.65 bits per heavy atom. The minimum atomic E-state index is -4.75. The zero-order valence-electron chi connectivity index (χ0n) is 19.8. The molecule has 37 heavy (non-hydrogen) atoms. The normalized spacial score (nSPS) is 11.2. The molecule has 0 radical (unpaired) electrons. The monoisotopic (exact) mass is 525 g/mol. The molecule has 1 heterocycles. The van der Waals surface area contributed by atoms with Gasteiger partial charge in [-0.2, -0.15) is 0 Å². The van der Waals surface area contributed by atoms with Crippen LogP contribution in [0.15, 0.2) is 73.1 Å². The van der Waals surface area contributed by atoms with Gasteiger partial charge in [-0.1, -0.05) is 30.4 Å². The van der Waals surface area contributed by atoms with Crippen molar-refractivity contribution < 1.29 is 22.7 Å². The summed E-state index contributed by atoms with van der Waals surface area (Å²) in [6, 6.07) is 18.1. The van der Waals surface area contributed by atoms with Crippen molar-refractivity contribution in [1.82, 2.24) is 14.8 Å². The molecular weight excluding hydrogens is 503 g/mol. The molecule has 2 N–H and O–H groups in total. The number of rotatable bonds is 8. The molecule has 11 heteroatoms. The number of thiocarbonyl (C=S) groups is 1. The molecule has 4 aromatic rings. The van der Waals surface area contributed by atoms with Gasteiger partial charge in [0.05, 0.1) is 17.1 Å².